The number of phenolic OH excluding ortho intramolecular Hbond substituents is 12. The fraction of sp³-hybridized carbons (Fsp3) is 0.162. The maximum Gasteiger partial charge on any atom is 0.338 e. The zero-order chi connectivity index (χ0) is 38.9. The molecule has 2 heterocycles. The Bertz CT molecular complexity index is 2290. The summed E-state index contributed by atoms with van der Waals surface area (Å²) in [5.41, 5.74) is -0.681. The highest BCUT2D eigenvalue weighted by Gasteiger charge is 2.46. The van der Waals surface area contributed by atoms with Crippen molar-refractivity contribution in [3.05, 3.63) is 94.0 Å². The second-order valence-electron chi connectivity index (χ2n) is 12.7. The second-order valence-corrected chi connectivity index (χ2v) is 12.7. The van der Waals surface area contributed by atoms with E-state index in [9.17, 15) is 71.2 Å². The number of carbonyl (C=O) groups is 1. The van der Waals surface area contributed by atoms with Crippen molar-refractivity contribution in [2.45, 2.75) is 36.8 Å². The standard InChI is InChI=1S/C37H30O17/c38-15-1-2-16-26(9-15)52-35(13-5-22(43)31(48)23(44)6-13)33(50)28(16)29-19(40)11-18(39)17-10-27(53-37(51)14-7-24(45)32(49)25(46)8-14)34(54-36(17)29)12-3-20(41)30(47)21(42)4-12/h1-9,11,27-28,33-35,38-50H,10H2/t27-,28-,33+,34-,35-/m1/s1. The van der Waals surface area contributed by atoms with Crippen LogP contribution in [0, 0.1) is 0 Å². The van der Waals surface area contributed by atoms with E-state index in [1.165, 1.54) is 18.2 Å². The van der Waals surface area contributed by atoms with Gasteiger partial charge < -0.3 is 80.6 Å². The molecule has 0 unspecified atom stereocenters. The van der Waals surface area contributed by atoms with Crippen LogP contribution in [0.3, 0.4) is 0 Å². The summed E-state index contributed by atoms with van der Waals surface area (Å²) in [6, 6.07) is 10.4. The van der Waals surface area contributed by atoms with Gasteiger partial charge in [0.05, 0.1) is 5.56 Å². The first kappa shape index (κ1) is 35.1. The van der Waals surface area contributed by atoms with Crippen LogP contribution in [-0.2, 0) is 11.2 Å². The monoisotopic (exact) mass is 746 g/mol. The topological polar surface area (TPSA) is 308 Å². The normalized spacial score (nSPS) is 20.2. The van der Waals surface area contributed by atoms with Crippen molar-refractivity contribution in [2.75, 3.05) is 0 Å². The van der Waals surface area contributed by atoms with Crippen LogP contribution in [0.25, 0.3) is 0 Å². The van der Waals surface area contributed by atoms with Gasteiger partial charge in [-0.3, -0.25) is 0 Å². The quantitative estimate of drug-likeness (QED) is 0.0901. The summed E-state index contributed by atoms with van der Waals surface area (Å²) in [5, 5.41) is 136. The lowest BCUT2D eigenvalue weighted by atomic mass is 9.77. The van der Waals surface area contributed by atoms with Crippen LogP contribution >= 0.6 is 0 Å². The highest BCUT2D eigenvalue weighted by atomic mass is 16.6. The van der Waals surface area contributed by atoms with Gasteiger partial charge in [0.15, 0.2) is 64.0 Å². The van der Waals surface area contributed by atoms with Gasteiger partial charge in [0, 0.05) is 52.3 Å². The van der Waals surface area contributed by atoms with Gasteiger partial charge in [0.2, 0.25) is 0 Å². The number of fused-ring (bicyclic) bond motifs is 2. The van der Waals surface area contributed by atoms with Gasteiger partial charge in [0.25, 0.3) is 0 Å². The molecule has 0 fully saturated rings. The first-order chi connectivity index (χ1) is 25.5. The molecule has 54 heavy (non-hydrogen) atoms. The molecule has 0 aliphatic carbocycles. The van der Waals surface area contributed by atoms with Gasteiger partial charge in [-0.25, -0.2) is 4.79 Å². The summed E-state index contributed by atoms with van der Waals surface area (Å²) in [6.07, 6.45) is -6.58. The van der Waals surface area contributed by atoms with E-state index in [4.69, 9.17) is 14.2 Å². The third-order valence-electron chi connectivity index (χ3n) is 9.32. The zero-order valence-electron chi connectivity index (χ0n) is 27.3. The van der Waals surface area contributed by atoms with E-state index in [1.807, 2.05) is 0 Å². The van der Waals surface area contributed by atoms with Crippen LogP contribution in [0.5, 0.6) is 80.5 Å². The fourth-order valence-electron chi connectivity index (χ4n) is 6.76. The number of rotatable bonds is 5. The molecule has 5 aromatic rings. The number of ether oxygens (including phenoxy) is 3. The summed E-state index contributed by atoms with van der Waals surface area (Å²) in [6.45, 7) is 0. The molecule has 0 saturated heterocycles. The minimum atomic E-state index is -1.71. The number of benzene rings is 5. The van der Waals surface area contributed by atoms with Crippen molar-refractivity contribution in [3.8, 4) is 80.5 Å². The number of phenols is 12. The van der Waals surface area contributed by atoms with Crippen molar-refractivity contribution >= 4 is 5.97 Å². The Kier molecular flexibility index (Phi) is 8.29. The van der Waals surface area contributed by atoms with Gasteiger partial charge in [-0.05, 0) is 42.5 Å². The molecular weight excluding hydrogens is 716 g/mol. The summed E-state index contributed by atoms with van der Waals surface area (Å²) >= 11 is 0. The predicted octanol–water partition coefficient (Wildman–Crippen LogP) is 3.68. The number of esters is 1. The fourth-order valence-corrected chi connectivity index (χ4v) is 6.76. The highest BCUT2D eigenvalue weighted by molar-refractivity contribution is 5.91. The Morgan fingerprint density at radius 1 is 0.593 bits per heavy atom. The van der Waals surface area contributed by atoms with E-state index >= 15 is 0 Å². The van der Waals surface area contributed by atoms with Crippen molar-refractivity contribution in [2.24, 2.45) is 0 Å². The van der Waals surface area contributed by atoms with Gasteiger partial charge in [-0.2, -0.15) is 0 Å². The number of aliphatic hydroxyl groups is 1. The lowest BCUT2D eigenvalue weighted by Gasteiger charge is -2.40. The van der Waals surface area contributed by atoms with E-state index in [2.05, 4.69) is 0 Å². The summed E-state index contributed by atoms with van der Waals surface area (Å²) < 4.78 is 18.1. The molecule has 0 radical (unpaired) electrons. The largest absolute Gasteiger partial charge is 0.508 e. The van der Waals surface area contributed by atoms with E-state index in [0.717, 1.165) is 42.5 Å². The van der Waals surface area contributed by atoms with E-state index < -0.39 is 112 Å². The molecule has 7 rings (SSSR count). The minimum Gasteiger partial charge on any atom is -0.508 e. The van der Waals surface area contributed by atoms with Gasteiger partial charge in [0.1, 0.15) is 41.0 Å². The molecule has 2 aliphatic heterocycles. The second kappa shape index (κ2) is 12.7. The molecule has 13 N–H and O–H groups in total. The molecule has 5 aromatic carbocycles. The first-order valence-electron chi connectivity index (χ1n) is 15.9. The molecule has 17 heteroatoms. The molecule has 5 atom stereocenters. The van der Waals surface area contributed by atoms with Crippen molar-refractivity contribution in [3.63, 3.8) is 0 Å². The van der Waals surface area contributed by atoms with Gasteiger partial charge in [-0.1, -0.05) is 6.07 Å². The van der Waals surface area contributed by atoms with Gasteiger partial charge in [-0.15, -0.1) is 0 Å². The van der Waals surface area contributed by atoms with Crippen LogP contribution in [-0.4, -0.2) is 84.6 Å². The van der Waals surface area contributed by atoms with Crippen LogP contribution in [0.4, 0.5) is 0 Å². The Balaban J connectivity index is 1.39. The average molecular weight is 747 g/mol. The van der Waals surface area contributed by atoms with E-state index in [0.29, 0.717) is 0 Å². The molecule has 280 valence electrons. The highest BCUT2D eigenvalue weighted by Crippen LogP contribution is 2.56. The number of aliphatic hydroxyl groups excluding tert-OH is 1. The smallest absolute Gasteiger partial charge is 0.338 e. The molecule has 0 saturated carbocycles. The van der Waals surface area contributed by atoms with E-state index in [-0.39, 0.29) is 45.1 Å². The lowest BCUT2D eigenvalue weighted by molar-refractivity contribution is -0.0210. The minimum absolute atomic E-state index is 0.0310. The zero-order valence-corrected chi connectivity index (χ0v) is 27.3. The predicted molar refractivity (Wildman–Crippen MR) is 180 cm³/mol. The molecule has 17 nitrogen and oxygen atoms in total. The SMILES string of the molecule is O=C(O[C@@H]1Cc2c(O)cc(O)c([C@H]3c4ccc(O)cc4O[C@H](c4cc(O)c(O)c(O)c4)[C@H]3O)c2O[C@@H]1c1cc(O)c(O)c(O)c1)c1cc(O)c(O)c(O)c1. The number of carbonyl (C=O) groups excluding carboxylic acids is 1. The maximum atomic E-state index is 13.4. The molecule has 0 amide bonds. The molecular formula is C37H30O17. The van der Waals surface area contributed by atoms with Gasteiger partial charge >= 0.3 is 5.97 Å². The van der Waals surface area contributed by atoms with Crippen molar-refractivity contribution in [1.82, 2.24) is 0 Å². The third-order valence-corrected chi connectivity index (χ3v) is 9.32. The van der Waals surface area contributed by atoms with Crippen LogP contribution in [0.2, 0.25) is 0 Å². The Hall–Kier alpha value is -7.27. The summed E-state index contributed by atoms with van der Waals surface area (Å²) in [5.74, 6) is -11.8. The molecule has 0 spiro atoms. The molecule has 2 aliphatic rings. The molecule has 0 bridgehead atoms. The Morgan fingerprint density at radius 2 is 1.11 bits per heavy atom. The maximum absolute atomic E-state index is 13.4. The third kappa shape index (κ3) is 5.77. The summed E-state index contributed by atoms with van der Waals surface area (Å²) in [7, 11) is 0. The van der Waals surface area contributed by atoms with Crippen LogP contribution in [0.15, 0.2) is 60.7 Å². The van der Waals surface area contributed by atoms with Crippen molar-refractivity contribution < 1.29 is 85.4 Å². The number of aromatic hydroxyl groups is 12. The Morgan fingerprint density at radius 3 is 1.67 bits per heavy atom. The molecule has 0 aromatic heterocycles. The Labute approximate surface area is 302 Å². The van der Waals surface area contributed by atoms with Crippen LogP contribution < -0.4 is 9.47 Å². The summed E-state index contributed by atoms with van der Waals surface area (Å²) in [4.78, 5) is 13.4. The number of hydrogen-bond acceptors (Lipinski definition) is 17. The van der Waals surface area contributed by atoms with Crippen molar-refractivity contribution in [1.29, 1.82) is 0 Å². The average Bonchev–Trinajstić information content (AvgIpc) is 3.11. The lowest BCUT2D eigenvalue weighted by Crippen LogP contribution is -2.38. The van der Waals surface area contributed by atoms with Crippen LogP contribution in [0.1, 0.15) is 56.3 Å². The number of hydrogen-bond donors (Lipinski definition) is 13. The van der Waals surface area contributed by atoms with E-state index in [1.54, 1.807) is 0 Å². The first-order valence-corrected chi connectivity index (χ1v) is 15.9.